The fraction of sp³-hybridized carbons (Fsp3) is 0.111. The minimum absolute atomic E-state index is 0.0605. The first-order valence-electron chi connectivity index (χ1n) is 3.91. The number of aromatic nitrogens is 1. The van der Waals surface area contributed by atoms with Crippen molar-refractivity contribution >= 4 is 32.8 Å². The van der Waals surface area contributed by atoms with Crippen molar-refractivity contribution in [1.82, 2.24) is 4.98 Å². The fourth-order valence-electron chi connectivity index (χ4n) is 1.22. The summed E-state index contributed by atoms with van der Waals surface area (Å²) in [6.45, 7) is 1.46. The Morgan fingerprint density at radius 3 is 2.86 bits per heavy atom. The lowest BCUT2D eigenvalue weighted by Crippen LogP contribution is -1.94. The van der Waals surface area contributed by atoms with Gasteiger partial charge >= 0.3 is 5.76 Å². The van der Waals surface area contributed by atoms with Gasteiger partial charge in [-0.25, -0.2) is 4.79 Å². The van der Waals surface area contributed by atoms with Crippen LogP contribution in [0.1, 0.15) is 17.3 Å². The van der Waals surface area contributed by atoms with Crippen LogP contribution in [0.25, 0.3) is 11.1 Å². The Balaban J connectivity index is 2.84. The Labute approximate surface area is 87.0 Å². The summed E-state index contributed by atoms with van der Waals surface area (Å²) in [6.07, 6.45) is 0. The molecule has 2 rings (SSSR count). The zero-order chi connectivity index (χ0) is 10.3. The number of ketones is 1. The van der Waals surface area contributed by atoms with E-state index < -0.39 is 5.76 Å². The largest absolute Gasteiger partial charge is 0.417 e. The highest BCUT2D eigenvalue weighted by atomic mass is 79.9. The van der Waals surface area contributed by atoms with Crippen LogP contribution >= 0.6 is 15.9 Å². The molecule has 0 fully saturated rings. The van der Waals surface area contributed by atoms with E-state index in [-0.39, 0.29) is 5.78 Å². The molecule has 0 saturated carbocycles. The summed E-state index contributed by atoms with van der Waals surface area (Å²) < 4.78 is 5.46. The van der Waals surface area contributed by atoms with Crippen LogP contribution in [0, 0.1) is 0 Å². The monoisotopic (exact) mass is 255 g/mol. The Bertz CT molecular complexity index is 567. The van der Waals surface area contributed by atoms with Crippen molar-refractivity contribution in [2.45, 2.75) is 6.92 Å². The molecule has 14 heavy (non-hydrogen) atoms. The highest BCUT2D eigenvalue weighted by molar-refractivity contribution is 9.10. The molecule has 0 aliphatic carbocycles. The van der Waals surface area contributed by atoms with Crippen LogP contribution in [0.2, 0.25) is 0 Å². The summed E-state index contributed by atoms with van der Waals surface area (Å²) in [5.74, 6) is -0.587. The summed E-state index contributed by atoms with van der Waals surface area (Å²) in [5.41, 5.74) is 1.48. The zero-order valence-electron chi connectivity index (χ0n) is 7.26. The van der Waals surface area contributed by atoms with Crippen molar-refractivity contribution in [3.8, 4) is 0 Å². The van der Waals surface area contributed by atoms with Crippen molar-refractivity contribution in [3.05, 3.63) is 32.7 Å². The SMILES string of the molecule is CC(=O)c1cc(Br)c2oc(=O)[nH]c2c1. The fourth-order valence-corrected chi connectivity index (χ4v) is 1.76. The summed E-state index contributed by atoms with van der Waals surface area (Å²) in [7, 11) is 0. The van der Waals surface area contributed by atoms with E-state index in [4.69, 9.17) is 4.42 Å². The van der Waals surface area contributed by atoms with Gasteiger partial charge in [0.1, 0.15) is 0 Å². The molecule has 0 amide bonds. The number of hydrogen-bond acceptors (Lipinski definition) is 3. The molecule has 72 valence electrons. The number of fused-ring (bicyclic) bond motifs is 1. The average molecular weight is 256 g/mol. The standard InChI is InChI=1S/C9H6BrNO3/c1-4(12)5-2-6(10)8-7(3-5)11-9(13)14-8/h2-3H,1H3,(H,11,13). The minimum Gasteiger partial charge on any atom is -0.407 e. The summed E-state index contributed by atoms with van der Waals surface area (Å²) >= 11 is 3.22. The molecule has 0 saturated heterocycles. The second-order valence-electron chi connectivity index (χ2n) is 2.91. The molecule has 1 N–H and O–H groups in total. The Hall–Kier alpha value is -1.36. The first-order valence-corrected chi connectivity index (χ1v) is 4.70. The summed E-state index contributed by atoms with van der Waals surface area (Å²) in [5, 5.41) is 0. The number of nitrogens with one attached hydrogen (secondary N) is 1. The lowest BCUT2D eigenvalue weighted by atomic mass is 10.1. The Morgan fingerprint density at radius 1 is 1.50 bits per heavy atom. The highest BCUT2D eigenvalue weighted by Gasteiger charge is 2.09. The Morgan fingerprint density at radius 2 is 2.21 bits per heavy atom. The summed E-state index contributed by atoms with van der Waals surface area (Å²) in [6, 6.07) is 3.22. The topological polar surface area (TPSA) is 63.1 Å². The van der Waals surface area contributed by atoms with Crippen LogP contribution in [0.3, 0.4) is 0 Å². The molecule has 1 aromatic heterocycles. The molecule has 1 heterocycles. The highest BCUT2D eigenvalue weighted by Crippen LogP contribution is 2.23. The number of H-pyrrole nitrogens is 1. The van der Waals surface area contributed by atoms with E-state index in [0.717, 1.165) is 0 Å². The van der Waals surface area contributed by atoms with E-state index >= 15 is 0 Å². The van der Waals surface area contributed by atoms with Crippen molar-refractivity contribution < 1.29 is 9.21 Å². The molecule has 0 spiro atoms. The molecule has 4 nitrogen and oxygen atoms in total. The van der Waals surface area contributed by atoms with Gasteiger partial charge in [-0.3, -0.25) is 9.78 Å². The second-order valence-corrected chi connectivity index (χ2v) is 3.76. The number of carbonyl (C=O) groups excluding carboxylic acids is 1. The van der Waals surface area contributed by atoms with E-state index in [1.54, 1.807) is 12.1 Å². The minimum atomic E-state index is -0.526. The molecule has 0 radical (unpaired) electrons. The van der Waals surface area contributed by atoms with Crippen LogP contribution in [-0.2, 0) is 0 Å². The van der Waals surface area contributed by atoms with E-state index in [0.29, 0.717) is 21.1 Å². The molecule has 0 atom stereocenters. The van der Waals surface area contributed by atoms with Crippen LogP contribution in [0.5, 0.6) is 0 Å². The van der Waals surface area contributed by atoms with Gasteiger partial charge < -0.3 is 4.42 Å². The lowest BCUT2D eigenvalue weighted by molar-refractivity contribution is 0.101. The van der Waals surface area contributed by atoms with Crippen LogP contribution in [0.15, 0.2) is 25.8 Å². The third kappa shape index (κ3) is 1.39. The number of aromatic amines is 1. The number of rotatable bonds is 1. The molecule has 5 heteroatoms. The molecular formula is C9H6BrNO3. The molecule has 0 aliphatic rings. The molecule has 0 aliphatic heterocycles. The van der Waals surface area contributed by atoms with Gasteiger partial charge in [-0.15, -0.1) is 0 Å². The average Bonchev–Trinajstić information content (AvgIpc) is 2.45. The maximum Gasteiger partial charge on any atom is 0.417 e. The van der Waals surface area contributed by atoms with Gasteiger partial charge in [0.15, 0.2) is 11.4 Å². The van der Waals surface area contributed by atoms with Gasteiger partial charge in [0.25, 0.3) is 0 Å². The Kier molecular flexibility index (Phi) is 2.03. The number of oxazole rings is 1. The maximum atomic E-state index is 11.1. The first-order chi connectivity index (χ1) is 6.58. The quantitative estimate of drug-likeness (QED) is 0.794. The first kappa shape index (κ1) is 9.21. The van der Waals surface area contributed by atoms with Crippen molar-refractivity contribution in [3.63, 3.8) is 0 Å². The van der Waals surface area contributed by atoms with Gasteiger partial charge in [-0.2, -0.15) is 0 Å². The number of hydrogen-bond donors (Lipinski definition) is 1. The third-order valence-corrected chi connectivity index (χ3v) is 2.47. The smallest absolute Gasteiger partial charge is 0.407 e. The van der Waals surface area contributed by atoms with Crippen molar-refractivity contribution in [2.24, 2.45) is 0 Å². The molecule has 1 aromatic carbocycles. The van der Waals surface area contributed by atoms with Gasteiger partial charge in [0.05, 0.1) is 9.99 Å². The third-order valence-electron chi connectivity index (χ3n) is 1.88. The van der Waals surface area contributed by atoms with E-state index in [1.807, 2.05) is 0 Å². The predicted octanol–water partition coefficient (Wildman–Crippen LogP) is 2.09. The van der Waals surface area contributed by atoms with E-state index in [1.165, 1.54) is 6.92 Å². The molecule has 0 bridgehead atoms. The van der Waals surface area contributed by atoms with E-state index in [2.05, 4.69) is 20.9 Å². The molecule has 0 unspecified atom stereocenters. The van der Waals surface area contributed by atoms with Gasteiger partial charge in [-0.1, -0.05) is 0 Å². The number of Topliss-reactive ketones (excluding diaryl/α,β-unsaturated/α-hetero) is 1. The maximum absolute atomic E-state index is 11.1. The zero-order valence-corrected chi connectivity index (χ0v) is 8.84. The second kappa shape index (κ2) is 3.09. The number of benzene rings is 1. The van der Waals surface area contributed by atoms with Gasteiger partial charge in [-0.05, 0) is 35.0 Å². The van der Waals surface area contributed by atoms with Crippen molar-refractivity contribution in [2.75, 3.05) is 0 Å². The van der Waals surface area contributed by atoms with E-state index in [9.17, 15) is 9.59 Å². The van der Waals surface area contributed by atoms with Gasteiger partial charge in [0, 0.05) is 5.56 Å². The molecular weight excluding hydrogens is 250 g/mol. The van der Waals surface area contributed by atoms with Crippen LogP contribution in [-0.4, -0.2) is 10.8 Å². The summed E-state index contributed by atoms with van der Waals surface area (Å²) in [4.78, 5) is 24.5. The molecule has 2 aromatic rings. The van der Waals surface area contributed by atoms with Crippen molar-refractivity contribution in [1.29, 1.82) is 0 Å². The number of carbonyl (C=O) groups is 1. The normalized spacial score (nSPS) is 10.7. The van der Waals surface area contributed by atoms with Crippen LogP contribution in [0.4, 0.5) is 0 Å². The van der Waals surface area contributed by atoms with Crippen LogP contribution < -0.4 is 5.76 Å². The van der Waals surface area contributed by atoms with Gasteiger partial charge in [0.2, 0.25) is 0 Å². The lowest BCUT2D eigenvalue weighted by Gasteiger charge is -1.96. The predicted molar refractivity (Wildman–Crippen MR) is 54.5 cm³/mol. The number of halogens is 1.